The van der Waals surface area contributed by atoms with Gasteiger partial charge in [-0.15, -0.1) is 0 Å². The highest BCUT2D eigenvalue weighted by atomic mass is 31.2. The number of rotatable bonds is 62. The van der Waals surface area contributed by atoms with Gasteiger partial charge in [0.2, 0.25) is 65.0 Å². The van der Waals surface area contributed by atoms with Gasteiger partial charge < -0.3 is 117 Å². The summed E-state index contributed by atoms with van der Waals surface area (Å²) in [7, 11) is -1.25. The maximum Gasteiger partial charge on any atom is 0.473 e. The van der Waals surface area contributed by atoms with Crippen molar-refractivity contribution in [3.05, 3.63) is 77.9 Å². The van der Waals surface area contributed by atoms with Crippen LogP contribution in [0.15, 0.2) is 66.7 Å². The van der Waals surface area contributed by atoms with Crippen molar-refractivity contribution < 1.29 is 138 Å². The number of esters is 1. The maximum absolute atomic E-state index is 14.7. The number of phosphoric ester groups is 1. The van der Waals surface area contributed by atoms with E-state index in [1.54, 1.807) is 74.9 Å². The number of likely N-dealkylation sites (tertiary alicyclic amines) is 1. The summed E-state index contributed by atoms with van der Waals surface area (Å²) >= 11 is 0. The van der Waals surface area contributed by atoms with Gasteiger partial charge in [0.25, 0.3) is 11.8 Å². The fourth-order valence-corrected chi connectivity index (χ4v) is 16.6. The molecular weight excluding hydrogens is 1770 g/mol. The van der Waals surface area contributed by atoms with E-state index in [4.69, 9.17) is 57.7 Å². The van der Waals surface area contributed by atoms with Crippen LogP contribution >= 0.6 is 15.4 Å². The van der Waals surface area contributed by atoms with Gasteiger partial charge >= 0.3 is 27.4 Å². The number of ether oxygens (including phenoxy) is 7. The molecule has 0 aliphatic carbocycles. The Morgan fingerprint density at radius 3 is 1.77 bits per heavy atom. The van der Waals surface area contributed by atoms with E-state index in [0.717, 1.165) is 12.2 Å². The molecule has 15 N–H and O–H groups in total. The first-order valence-corrected chi connectivity index (χ1v) is 47.5. The average Bonchev–Trinajstić information content (AvgIpc) is 1.50. The lowest BCUT2D eigenvalue weighted by atomic mass is 9.89. The number of hydrogen-bond acceptors (Lipinski definition) is 27. The highest BCUT2D eigenvalue weighted by Crippen LogP contribution is 2.50. The Labute approximate surface area is 770 Å². The van der Waals surface area contributed by atoms with E-state index in [0.29, 0.717) is 41.8 Å². The molecule has 132 heavy (non-hydrogen) atoms. The second kappa shape index (κ2) is 56.4. The van der Waals surface area contributed by atoms with Gasteiger partial charge in [-0.2, -0.15) is 0 Å². The quantitative estimate of drug-likeness (QED) is 0.0187. The van der Waals surface area contributed by atoms with Crippen molar-refractivity contribution in [2.75, 3.05) is 132 Å². The third-order valence-corrected chi connectivity index (χ3v) is 24.1. The van der Waals surface area contributed by atoms with Gasteiger partial charge in [-0.1, -0.05) is 111 Å². The Bertz CT molecular complexity index is 4250. The topological polar surface area (TPSA) is 593 Å². The van der Waals surface area contributed by atoms with Crippen molar-refractivity contribution in [1.82, 2.24) is 67.5 Å². The van der Waals surface area contributed by atoms with Crippen LogP contribution in [0.1, 0.15) is 144 Å². The van der Waals surface area contributed by atoms with Gasteiger partial charge in [0, 0.05) is 78.1 Å². The number of nitrogens with one attached hydrogen (secondary N) is 10. The van der Waals surface area contributed by atoms with Crippen molar-refractivity contribution in [3.8, 4) is 0 Å². The van der Waals surface area contributed by atoms with Crippen LogP contribution in [0.5, 0.6) is 0 Å². The van der Waals surface area contributed by atoms with Crippen LogP contribution < -0.4 is 58.9 Å². The molecule has 3 aliphatic rings. The van der Waals surface area contributed by atoms with Crippen molar-refractivity contribution in [2.24, 2.45) is 35.3 Å². The van der Waals surface area contributed by atoms with Crippen LogP contribution in [0.25, 0.3) is 0 Å². The number of phosphoric acid groups is 1. The van der Waals surface area contributed by atoms with Gasteiger partial charge in [-0.3, -0.25) is 85.7 Å². The molecule has 2 aromatic rings. The zero-order valence-corrected chi connectivity index (χ0v) is 79.7. The highest BCUT2D eigenvalue weighted by molar-refractivity contribution is 7.51. The van der Waals surface area contributed by atoms with Crippen LogP contribution in [0.2, 0.25) is 0 Å². The molecule has 2 fully saturated rings. The molecule has 46 heteroatoms. The Morgan fingerprint density at radius 1 is 0.621 bits per heavy atom. The van der Waals surface area contributed by atoms with E-state index >= 15 is 0 Å². The number of benzene rings is 2. The summed E-state index contributed by atoms with van der Waals surface area (Å²) in [6.07, 6.45) is -1.71. The first-order valence-electron chi connectivity index (χ1n) is 44.2. The third kappa shape index (κ3) is 37.6. The molecule has 0 bridgehead atoms. The number of likely N-dealkylation sites (N-methyl/N-ethyl adjacent to an activating group) is 2. The number of primary amides is 1. The summed E-state index contributed by atoms with van der Waals surface area (Å²) in [5.41, 5.74) is 6.21. The largest absolute Gasteiger partial charge is 0.473 e. The number of carbonyl (C=O) groups is 15. The van der Waals surface area contributed by atoms with Gasteiger partial charge in [-0.05, 0) is 93.6 Å². The van der Waals surface area contributed by atoms with Crippen molar-refractivity contribution >= 4 is 110 Å². The van der Waals surface area contributed by atoms with Crippen molar-refractivity contribution in [3.63, 3.8) is 0 Å². The fourth-order valence-electron chi connectivity index (χ4n) is 15.1. The number of anilines is 1. The second-order valence-corrected chi connectivity index (χ2v) is 36.9. The Kier molecular flexibility index (Phi) is 48.2. The number of hydrogen-bond donors (Lipinski definition) is 14. The number of nitrogens with zero attached hydrogens (tertiary/aromatic N) is 4. The van der Waals surface area contributed by atoms with Gasteiger partial charge in [0.1, 0.15) is 42.9 Å². The molecule has 740 valence electrons. The molecular formula is C86H137N15O29P2. The third-order valence-electron chi connectivity index (χ3n) is 22.4. The summed E-state index contributed by atoms with van der Waals surface area (Å²) in [5, 5.41) is 26.1. The Balaban J connectivity index is 1.14. The van der Waals surface area contributed by atoms with Gasteiger partial charge in [0.05, 0.1) is 121 Å². The summed E-state index contributed by atoms with van der Waals surface area (Å²) < 4.78 is 75.5. The minimum absolute atomic E-state index is 0.0144. The molecule has 2 saturated heterocycles. The molecule has 2 unspecified atom stereocenters. The van der Waals surface area contributed by atoms with E-state index in [2.05, 4.69) is 53.2 Å². The molecule has 3 heterocycles. The van der Waals surface area contributed by atoms with Gasteiger partial charge in [-0.25, -0.2) is 14.2 Å². The number of methoxy groups -OCH3 is 2. The van der Waals surface area contributed by atoms with Crippen LogP contribution in [-0.2, 0) is 125 Å². The molecule has 2 aromatic carbocycles. The summed E-state index contributed by atoms with van der Waals surface area (Å²) in [4.78, 5) is 235. The van der Waals surface area contributed by atoms with Crippen LogP contribution in [0.4, 0.5) is 10.5 Å². The van der Waals surface area contributed by atoms with E-state index in [1.165, 1.54) is 38.5 Å². The van der Waals surface area contributed by atoms with E-state index < -0.39 is 209 Å². The molecule has 0 aromatic heterocycles. The molecule has 16 atom stereocenters. The minimum atomic E-state index is -5.02. The molecule has 0 radical (unpaired) electrons. The van der Waals surface area contributed by atoms with E-state index in [9.17, 15) is 85.9 Å². The number of urea groups is 1. The van der Waals surface area contributed by atoms with Crippen LogP contribution in [-0.4, -0.2) is 323 Å². The maximum atomic E-state index is 14.7. The Morgan fingerprint density at radius 2 is 1.23 bits per heavy atom. The van der Waals surface area contributed by atoms with Crippen LogP contribution in [0.3, 0.4) is 0 Å². The number of cyclic esters (lactones) is 1. The first-order chi connectivity index (χ1) is 62.3. The normalized spacial score (nSPS) is 17.9. The SMILES string of the molecule is CC[C@H](C)[C@@H]([C@@H](CC(=O)N1CCC[C@H]1[C@H](OC)[C@@H](C)C(=O)N[C@H](C)[C@@H](OP(=O)(O)OCc1ccc(NC(=O)[C@H](CCCNC(N)=O)NC(=O)[C@@H](NC(=O)[C@H](CC(=O)NC2COC2=O)NC(=O)CCOCCOCCOCCOCCNC(=O)[C@H](CNC(=O)CCP(=O)(O)O)N2C(=O)C=CC2=O)C(C)C)cc1)c1ccccc1)OC)N(C)C(=O)[C@@H](NC(=O)[C@H](C(C)C)N(C)C)C(C)C. The lowest BCUT2D eigenvalue weighted by Crippen LogP contribution is -2.59. The molecule has 44 nitrogen and oxygen atoms in total. The minimum Gasteiger partial charge on any atom is -0.461 e. The number of amides is 15. The number of imide groups is 1. The summed E-state index contributed by atoms with van der Waals surface area (Å²) in [6, 6.07) is 2.99. The summed E-state index contributed by atoms with van der Waals surface area (Å²) in [5.74, 6) is -11.6. The predicted molar refractivity (Wildman–Crippen MR) is 478 cm³/mol. The smallest absolute Gasteiger partial charge is 0.461 e. The van der Waals surface area contributed by atoms with Crippen molar-refractivity contribution in [1.29, 1.82) is 0 Å². The fraction of sp³-hybridized carbons (Fsp3) is 0.663. The zero-order valence-electron chi connectivity index (χ0n) is 77.9. The number of nitrogens with two attached hydrogens (primary N) is 1. The van der Waals surface area contributed by atoms with Crippen LogP contribution in [0, 0.1) is 29.6 Å². The van der Waals surface area contributed by atoms with Crippen molar-refractivity contribution in [2.45, 2.75) is 212 Å². The molecule has 15 amide bonds. The molecule has 0 spiro atoms. The first kappa shape index (κ1) is 113. The molecule has 3 aliphatic heterocycles. The Hall–Kier alpha value is -9.79. The van der Waals surface area contributed by atoms with Gasteiger partial charge in [0.15, 0.2) is 6.04 Å². The predicted octanol–water partition coefficient (Wildman–Crippen LogP) is 0.693. The number of carbonyl (C=O) groups excluding carboxylic acids is 15. The van der Waals surface area contributed by atoms with E-state index in [1.807, 2.05) is 60.5 Å². The zero-order chi connectivity index (χ0) is 98.3. The summed E-state index contributed by atoms with van der Waals surface area (Å²) in [6.45, 7) is 17.4. The molecule has 0 saturated carbocycles. The average molecular weight is 1910 g/mol. The standard InChI is InChI=1S/C86H137N15O29P2/c1-16-54(8)75(99(13)84(114)73(52(4)5)97-83(113)74(53(6)7)98(11)12)65(122-14)47-71(107)100-36-21-25-63(100)76(123-15)55(9)78(108)91-56(10)77(58-22-18-17-19-23-58)130-132(120,121)129-49-57-26-28-59(29-27-57)92-79(109)60(24-20-34-89-86(87)116)95-82(112)72(51(2)3)96-80(110)61(46-68(104)94-62-50-128-85(62)115)93-67(103)32-37-124-39-41-126-43-44-127-42-40-125-38-35-88-81(111)64(101-69(105)30-31-70(101)106)48-90-66(102)33-45-131(117,118)119/h17-19,22-23,26-31,51-56,60-65,72-77H,16,20-21,24-25,32-50H2,1-15H3,(H,88,111)(H,90,102)(H,91,108)(H,92,109)(H,93,103)(H,94,104)(H,95,112)(H,96,110)(H,97,113)(H,120,121)(H3,87,89,116)(H2,117,118,119)/t54-,55+,56+,60-,61-,62?,63-,64-,65+,72-,73-,74-,75-,76+,77+/m0/s1. The second-order valence-electron chi connectivity index (χ2n) is 33.8. The lowest BCUT2D eigenvalue weighted by Gasteiger charge is -2.41. The highest BCUT2D eigenvalue weighted by Gasteiger charge is 2.46. The lowest BCUT2D eigenvalue weighted by molar-refractivity contribution is -0.164. The molecule has 5 rings (SSSR count). The monoisotopic (exact) mass is 1910 g/mol. The van der Waals surface area contributed by atoms with E-state index in [-0.39, 0.29) is 139 Å².